The molecular formula is C22H28N2O6. The molecule has 0 saturated heterocycles. The monoisotopic (exact) mass is 416 g/mol. The number of aromatic amines is 1. The van der Waals surface area contributed by atoms with Crippen LogP contribution in [0.1, 0.15) is 68.1 Å². The van der Waals surface area contributed by atoms with Crippen molar-refractivity contribution in [3.8, 4) is 28.6 Å². The van der Waals surface area contributed by atoms with E-state index in [1.807, 2.05) is 20.8 Å². The van der Waals surface area contributed by atoms with Crippen molar-refractivity contribution in [2.45, 2.75) is 53.4 Å². The van der Waals surface area contributed by atoms with Gasteiger partial charge in [-0.15, -0.1) is 0 Å². The molecule has 0 fully saturated rings. The Morgan fingerprint density at radius 3 is 2.70 bits per heavy atom. The second-order valence-electron chi connectivity index (χ2n) is 8.62. The number of hydrogen-bond donors (Lipinski definition) is 3. The van der Waals surface area contributed by atoms with Crippen LogP contribution >= 0.6 is 0 Å². The van der Waals surface area contributed by atoms with Gasteiger partial charge in [-0.3, -0.25) is 4.79 Å². The molecule has 0 radical (unpaired) electrons. The first-order valence-corrected chi connectivity index (χ1v) is 10.1. The van der Waals surface area contributed by atoms with E-state index in [1.54, 1.807) is 13.0 Å². The Balaban J connectivity index is 2.26. The lowest BCUT2D eigenvalue weighted by atomic mass is 9.75. The highest BCUT2D eigenvalue weighted by molar-refractivity contribution is 5.92. The first-order chi connectivity index (χ1) is 14.1. The smallest absolute Gasteiger partial charge is 0.345 e. The minimum Gasteiger partial charge on any atom is -0.506 e. The molecule has 2 aromatic heterocycles. The third-order valence-electron chi connectivity index (χ3n) is 5.36. The van der Waals surface area contributed by atoms with Gasteiger partial charge in [0.25, 0.3) is 5.56 Å². The van der Waals surface area contributed by atoms with Gasteiger partial charge in [0.1, 0.15) is 17.2 Å². The average Bonchev–Trinajstić information content (AvgIpc) is 2.79. The van der Waals surface area contributed by atoms with Crippen molar-refractivity contribution in [2.24, 2.45) is 5.41 Å². The normalized spacial score (nSPS) is 15.6. The second-order valence-corrected chi connectivity index (χ2v) is 8.62. The zero-order valence-corrected chi connectivity index (χ0v) is 18.0. The molecule has 3 heterocycles. The van der Waals surface area contributed by atoms with Gasteiger partial charge in [0.05, 0.1) is 24.6 Å². The molecule has 0 aromatic carbocycles. The summed E-state index contributed by atoms with van der Waals surface area (Å²) in [6.07, 6.45) is 1.91. The molecule has 162 valence electrons. The van der Waals surface area contributed by atoms with Gasteiger partial charge in [0, 0.05) is 17.5 Å². The molecule has 8 heteroatoms. The Kier molecular flexibility index (Phi) is 5.78. The predicted molar refractivity (Wildman–Crippen MR) is 112 cm³/mol. The van der Waals surface area contributed by atoms with Crippen molar-refractivity contribution < 1.29 is 24.5 Å². The number of aryl methyl sites for hydroxylation is 1. The number of aromatic hydroxyl groups is 1. The number of ether oxygens (including phenoxy) is 2. The van der Waals surface area contributed by atoms with E-state index in [0.717, 1.165) is 12.8 Å². The molecule has 0 aliphatic carbocycles. The van der Waals surface area contributed by atoms with Crippen LogP contribution in [0.2, 0.25) is 0 Å². The van der Waals surface area contributed by atoms with Gasteiger partial charge >= 0.3 is 5.97 Å². The van der Waals surface area contributed by atoms with Gasteiger partial charge in [-0.05, 0) is 18.8 Å². The molecule has 30 heavy (non-hydrogen) atoms. The van der Waals surface area contributed by atoms with E-state index in [9.17, 15) is 19.8 Å². The lowest BCUT2D eigenvalue weighted by Crippen LogP contribution is -2.27. The number of hydrogen-bond acceptors (Lipinski definition) is 6. The molecule has 8 nitrogen and oxygen atoms in total. The highest BCUT2D eigenvalue weighted by Crippen LogP contribution is 2.48. The van der Waals surface area contributed by atoms with Crippen molar-refractivity contribution >= 4 is 5.97 Å². The topological polar surface area (TPSA) is 122 Å². The maximum atomic E-state index is 12.5. The van der Waals surface area contributed by atoms with Crippen molar-refractivity contribution in [1.29, 1.82) is 0 Å². The summed E-state index contributed by atoms with van der Waals surface area (Å²) in [6.45, 7) is 10.5. The number of H-pyrrole nitrogens is 1. The number of nitrogens with zero attached hydrogens (tertiary/aromatic N) is 1. The summed E-state index contributed by atoms with van der Waals surface area (Å²) in [4.78, 5) is 31.3. The van der Waals surface area contributed by atoms with Crippen LogP contribution in [-0.2, 0) is 0 Å². The minimum absolute atomic E-state index is 0.182. The molecule has 3 N–H and O–H groups in total. The molecule has 1 atom stereocenters. The quantitative estimate of drug-likeness (QED) is 0.633. The third-order valence-corrected chi connectivity index (χ3v) is 5.36. The molecule has 3 rings (SSSR count). The van der Waals surface area contributed by atoms with Crippen LogP contribution in [0.25, 0.3) is 11.4 Å². The number of rotatable bonds is 5. The molecule has 1 aliphatic heterocycles. The highest BCUT2D eigenvalue weighted by atomic mass is 16.5. The van der Waals surface area contributed by atoms with Crippen molar-refractivity contribution in [2.75, 3.05) is 13.2 Å². The first kappa shape index (κ1) is 21.7. The van der Waals surface area contributed by atoms with Crippen LogP contribution in [0.15, 0.2) is 10.9 Å². The van der Waals surface area contributed by atoms with Crippen LogP contribution in [-0.4, -0.2) is 39.4 Å². The Morgan fingerprint density at radius 2 is 2.10 bits per heavy atom. The fourth-order valence-electron chi connectivity index (χ4n) is 3.60. The number of nitrogens with one attached hydrogen (secondary N) is 1. The van der Waals surface area contributed by atoms with Crippen LogP contribution in [0.3, 0.4) is 0 Å². The summed E-state index contributed by atoms with van der Waals surface area (Å²) < 4.78 is 11.9. The number of aromatic carboxylic acids is 1. The van der Waals surface area contributed by atoms with Gasteiger partial charge in [-0.2, -0.15) is 0 Å². The van der Waals surface area contributed by atoms with Crippen molar-refractivity contribution in [3.63, 3.8) is 0 Å². The number of carbonyl (C=O) groups is 1. The Bertz CT molecular complexity index is 1040. The highest BCUT2D eigenvalue weighted by Gasteiger charge is 2.38. The number of pyridine rings is 2. The first-order valence-electron chi connectivity index (χ1n) is 10.1. The molecule has 2 aromatic rings. The van der Waals surface area contributed by atoms with E-state index in [4.69, 9.17) is 9.47 Å². The van der Waals surface area contributed by atoms with E-state index < -0.39 is 28.3 Å². The zero-order valence-electron chi connectivity index (χ0n) is 18.0. The van der Waals surface area contributed by atoms with Gasteiger partial charge in [-0.1, -0.05) is 34.1 Å². The summed E-state index contributed by atoms with van der Waals surface area (Å²) >= 11 is 0. The number of fused-ring (bicyclic) bond motifs is 3. The van der Waals surface area contributed by atoms with Crippen molar-refractivity contribution in [3.05, 3.63) is 33.2 Å². The summed E-state index contributed by atoms with van der Waals surface area (Å²) in [5.74, 6) is -1.41. The summed E-state index contributed by atoms with van der Waals surface area (Å²) in [5.41, 5.74) is -0.400. The maximum Gasteiger partial charge on any atom is 0.345 e. The van der Waals surface area contributed by atoms with E-state index in [-0.39, 0.29) is 18.2 Å². The van der Waals surface area contributed by atoms with Gasteiger partial charge < -0.3 is 24.7 Å². The van der Waals surface area contributed by atoms with Crippen LogP contribution in [0.4, 0.5) is 0 Å². The summed E-state index contributed by atoms with van der Waals surface area (Å²) in [6, 6.07) is 1.74. The van der Waals surface area contributed by atoms with Crippen molar-refractivity contribution in [1.82, 2.24) is 9.97 Å². The molecular weight excluding hydrogens is 388 g/mol. The van der Waals surface area contributed by atoms with E-state index in [2.05, 4.69) is 16.9 Å². The average molecular weight is 416 g/mol. The molecule has 1 aliphatic rings. The largest absolute Gasteiger partial charge is 0.506 e. The number of carboxylic acid groups (broad SMARTS) is 1. The number of carboxylic acids is 1. The second kappa shape index (κ2) is 8.01. The third kappa shape index (κ3) is 3.86. The summed E-state index contributed by atoms with van der Waals surface area (Å²) in [5, 5.41) is 20.3. The molecule has 1 unspecified atom stereocenters. The fourth-order valence-corrected chi connectivity index (χ4v) is 3.60. The maximum absolute atomic E-state index is 12.5. The molecule has 0 spiro atoms. The fraction of sp³-hybridized carbons (Fsp3) is 0.500. The Hall–Kier alpha value is -3.03. The number of aromatic nitrogens is 2. The lowest BCUT2D eigenvalue weighted by molar-refractivity contribution is 0.0691. The van der Waals surface area contributed by atoms with E-state index in [1.165, 1.54) is 0 Å². The van der Waals surface area contributed by atoms with Gasteiger partial charge in [-0.25, -0.2) is 9.78 Å². The SMILES string of the molecule is CCCCOc1cc2c(nc1C)-c1[nH]c(=O)c(C(=O)O)c(O)c1C(C(C)(C)C)CO2. The Labute approximate surface area is 174 Å². The zero-order chi connectivity index (χ0) is 22.2. The standard InChI is InChI=1S/C22H28N2O6/c1-6-7-8-29-13-9-14-17(23-11(13)2)18-15(12(10-30-14)22(3,4)5)19(25)16(21(27)28)20(26)24-18/h9,12H,6-8,10H2,1-5H3,(H,27,28)(H2,24,25,26). The Morgan fingerprint density at radius 1 is 1.40 bits per heavy atom. The van der Waals surface area contributed by atoms with Crippen LogP contribution in [0.5, 0.6) is 17.2 Å². The van der Waals surface area contributed by atoms with Gasteiger partial charge in [0.2, 0.25) is 0 Å². The van der Waals surface area contributed by atoms with Gasteiger partial charge in [0.15, 0.2) is 11.3 Å². The molecule has 0 amide bonds. The van der Waals surface area contributed by atoms with E-state index >= 15 is 0 Å². The number of unbranched alkanes of at least 4 members (excludes halogenated alkanes) is 1. The summed E-state index contributed by atoms with van der Waals surface area (Å²) in [7, 11) is 0. The van der Waals surface area contributed by atoms with Crippen LogP contribution < -0.4 is 15.0 Å². The lowest BCUT2D eigenvalue weighted by Gasteiger charge is -2.31. The minimum atomic E-state index is -1.49. The van der Waals surface area contributed by atoms with Crippen LogP contribution in [0, 0.1) is 12.3 Å². The molecule has 0 saturated carbocycles. The van der Waals surface area contributed by atoms with E-state index in [0.29, 0.717) is 35.1 Å². The predicted octanol–water partition coefficient (Wildman–Crippen LogP) is 3.85. The molecule has 0 bridgehead atoms.